The largest absolute Gasteiger partial charge is 0.493 e. The average Bonchev–Trinajstić information content (AvgIpc) is 3.24. The van der Waals surface area contributed by atoms with Crippen LogP contribution in [0.5, 0.6) is 5.75 Å². The Kier molecular flexibility index (Phi) is 7.06. The Morgan fingerprint density at radius 3 is 2.32 bits per heavy atom. The quantitative estimate of drug-likeness (QED) is 0.281. The Balaban J connectivity index is 1.45. The third kappa shape index (κ3) is 5.56. The number of ether oxygens (including phenoxy) is 1. The van der Waals surface area contributed by atoms with Gasteiger partial charge in [0.2, 0.25) is 0 Å². The van der Waals surface area contributed by atoms with Crippen molar-refractivity contribution in [3.63, 3.8) is 0 Å². The van der Waals surface area contributed by atoms with Crippen molar-refractivity contribution in [3.8, 4) is 22.7 Å². The molecule has 0 saturated heterocycles. The number of hydrogen-bond acceptors (Lipinski definition) is 2. The fourth-order valence-corrected chi connectivity index (χ4v) is 3.67. The number of hydrogen-bond donors (Lipinski definition) is 0. The first-order chi connectivity index (χ1) is 15.2. The molecule has 0 aliphatic rings. The lowest BCUT2D eigenvalue weighted by molar-refractivity contribution is 0.322. The second kappa shape index (κ2) is 10.3. The standard InChI is InChI=1S/C27H27ClN2O/c1-2-3-9-27-29-26(20-30(27)24-7-5-4-6-8-24)22-12-16-25(17-13-22)31-19-18-21-10-14-23(28)15-11-21/h4-8,10-17,20H,2-3,9,18-19H2,1H3. The third-order valence-corrected chi connectivity index (χ3v) is 5.54. The summed E-state index contributed by atoms with van der Waals surface area (Å²) < 4.78 is 8.13. The number of nitrogens with zero attached hydrogens (tertiary/aromatic N) is 2. The van der Waals surface area contributed by atoms with Gasteiger partial charge in [-0.1, -0.05) is 55.3 Å². The van der Waals surface area contributed by atoms with Crippen molar-refractivity contribution in [2.45, 2.75) is 32.6 Å². The molecule has 0 bridgehead atoms. The van der Waals surface area contributed by atoms with E-state index in [2.05, 4.69) is 54.1 Å². The highest BCUT2D eigenvalue weighted by atomic mass is 35.5. The topological polar surface area (TPSA) is 27.1 Å². The van der Waals surface area contributed by atoms with E-state index in [0.717, 1.165) is 59.2 Å². The van der Waals surface area contributed by atoms with Crippen LogP contribution < -0.4 is 4.74 Å². The van der Waals surface area contributed by atoms with E-state index in [1.165, 1.54) is 5.56 Å². The van der Waals surface area contributed by atoms with Gasteiger partial charge in [-0.2, -0.15) is 0 Å². The molecular formula is C27H27ClN2O. The molecule has 1 aromatic heterocycles. The van der Waals surface area contributed by atoms with Crippen LogP contribution in [0, 0.1) is 0 Å². The van der Waals surface area contributed by atoms with Gasteiger partial charge in [0, 0.05) is 35.3 Å². The Morgan fingerprint density at radius 2 is 1.61 bits per heavy atom. The molecular weight excluding hydrogens is 404 g/mol. The predicted molar refractivity (Wildman–Crippen MR) is 128 cm³/mol. The minimum Gasteiger partial charge on any atom is -0.493 e. The number of benzene rings is 3. The Bertz CT molecular complexity index is 1090. The van der Waals surface area contributed by atoms with Gasteiger partial charge in [-0.25, -0.2) is 4.98 Å². The van der Waals surface area contributed by atoms with Crippen molar-refractivity contribution in [3.05, 3.63) is 101 Å². The van der Waals surface area contributed by atoms with Gasteiger partial charge in [-0.3, -0.25) is 0 Å². The van der Waals surface area contributed by atoms with Crippen LogP contribution in [0.3, 0.4) is 0 Å². The summed E-state index contributed by atoms with van der Waals surface area (Å²) in [5.74, 6) is 1.97. The van der Waals surface area contributed by atoms with Gasteiger partial charge in [-0.05, 0) is 60.5 Å². The van der Waals surface area contributed by atoms with Crippen LogP contribution in [0.15, 0.2) is 85.1 Å². The van der Waals surface area contributed by atoms with E-state index in [9.17, 15) is 0 Å². The zero-order chi connectivity index (χ0) is 21.5. The molecule has 0 saturated carbocycles. The molecule has 0 N–H and O–H groups in total. The predicted octanol–water partition coefficient (Wildman–Crippen LogP) is 7.16. The first-order valence-electron chi connectivity index (χ1n) is 10.8. The molecule has 0 unspecified atom stereocenters. The molecule has 0 amide bonds. The molecule has 158 valence electrons. The first-order valence-corrected chi connectivity index (χ1v) is 11.2. The van der Waals surface area contributed by atoms with Crippen LogP contribution in [-0.2, 0) is 12.8 Å². The normalized spacial score (nSPS) is 10.9. The number of aromatic nitrogens is 2. The maximum absolute atomic E-state index is 5.94. The van der Waals surface area contributed by atoms with E-state index in [-0.39, 0.29) is 0 Å². The lowest BCUT2D eigenvalue weighted by Gasteiger charge is -2.07. The van der Waals surface area contributed by atoms with Crippen LogP contribution in [0.4, 0.5) is 0 Å². The molecule has 31 heavy (non-hydrogen) atoms. The molecule has 0 aliphatic carbocycles. The highest BCUT2D eigenvalue weighted by Gasteiger charge is 2.11. The molecule has 0 aliphatic heterocycles. The van der Waals surface area contributed by atoms with Gasteiger partial charge >= 0.3 is 0 Å². The highest BCUT2D eigenvalue weighted by molar-refractivity contribution is 6.30. The summed E-state index contributed by atoms with van der Waals surface area (Å²) in [6, 6.07) is 26.5. The fraction of sp³-hybridized carbons (Fsp3) is 0.222. The summed E-state index contributed by atoms with van der Waals surface area (Å²) in [6.07, 6.45) is 6.23. The van der Waals surface area contributed by atoms with Crippen molar-refractivity contribution >= 4 is 11.6 Å². The van der Waals surface area contributed by atoms with Crippen molar-refractivity contribution in [1.29, 1.82) is 0 Å². The SMILES string of the molecule is CCCCc1nc(-c2ccc(OCCc3ccc(Cl)cc3)cc2)cn1-c1ccccc1. The summed E-state index contributed by atoms with van der Waals surface area (Å²) >= 11 is 5.94. The molecule has 4 rings (SSSR count). The van der Waals surface area contributed by atoms with Gasteiger partial charge in [0.25, 0.3) is 0 Å². The maximum Gasteiger partial charge on any atom is 0.119 e. The van der Waals surface area contributed by atoms with Crippen LogP contribution in [-0.4, -0.2) is 16.2 Å². The number of para-hydroxylation sites is 1. The Hall–Kier alpha value is -3.04. The molecule has 3 nitrogen and oxygen atoms in total. The molecule has 0 atom stereocenters. The Morgan fingerprint density at radius 1 is 0.871 bits per heavy atom. The summed E-state index contributed by atoms with van der Waals surface area (Å²) in [5, 5.41) is 0.757. The van der Waals surface area contributed by atoms with Gasteiger partial charge < -0.3 is 9.30 Å². The van der Waals surface area contributed by atoms with E-state index in [0.29, 0.717) is 6.61 Å². The van der Waals surface area contributed by atoms with Gasteiger partial charge in [0.15, 0.2) is 0 Å². The van der Waals surface area contributed by atoms with Gasteiger partial charge in [0.05, 0.1) is 12.3 Å². The molecule has 0 fully saturated rings. The number of imidazole rings is 1. The maximum atomic E-state index is 5.94. The summed E-state index contributed by atoms with van der Waals surface area (Å²) in [6.45, 7) is 2.84. The minimum atomic E-state index is 0.630. The molecule has 4 aromatic rings. The number of rotatable bonds is 9. The van der Waals surface area contributed by atoms with E-state index in [1.54, 1.807) is 0 Å². The van der Waals surface area contributed by atoms with Gasteiger partial charge in [-0.15, -0.1) is 0 Å². The molecule has 4 heteroatoms. The molecule has 1 heterocycles. The first kappa shape index (κ1) is 21.2. The van der Waals surface area contributed by atoms with Crippen molar-refractivity contribution in [2.24, 2.45) is 0 Å². The van der Waals surface area contributed by atoms with E-state index < -0.39 is 0 Å². The second-order valence-electron chi connectivity index (χ2n) is 7.60. The van der Waals surface area contributed by atoms with E-state index in [4.69, 9.17) is 21.3 Å². The summed E-state index contributed by atoms with van der Waals surface area (Å²) in [5.41, 5.74) is 4.45. The van der Waals surface area contributed by atoms with Crippen LogP contribution >= 0.6 is 11.6 Å². The van der Waals surface area contributed by atoms with E-state index >= 15 is 0 Å². The summed E-state index contributed by atoms with van der Waals surface area (Å²) in [7, 11) is 0. The second-order valence-corrected chi connectivity index (χ2v) is 8.04. The van der Waals surface area contributed by atoms with Crippen LogP contribution in [0.2, 0.25) is 5.02 Å². The number of halogens is 1. The lowest BCUT2D eigenvalue weighted by atomic mass is 10.1. The molecule has 0 spiro atoms. The third-order valence-electron chi connectivity index (χ3n) is 5.29. The molecule has 3 aromatic carbocycles. The van der Waals surface area contributed by atoms with Crippen molar-refractivity contribution in [1.82, 2.24) is 9.55 Å². The van der Waals surface area contributed by atoms with Crippen LogP contribution in [0.1, 0.15) is 31.2 Å². The lowest BCUT2D eigenvalue weighted by Crippen LogP contribution is -2.01. The molecule has 0 radical (unpaired) electrons. The number of aryl methyl sites for hydroxylation is 1. The fourth-order valence-electron chi connectivity index (χ4n) is 3.54. The average molecular weight is 431 g/mol. The minimum absolute atomic E-state index is 0.630. The van der Waals surface area contributed by atoms with E-state index in [1.807, 2.05) is 42.5 Å². The van der Waals surface area contributed by atoms with Crippen LogP contribution in [0.25, 0.3) is 16.9 Å². The zero-order valence-corrected chi connectivity index (χ0v) is 18.6. The smallest absolute Gasteiger partial charge is 0.119 e. The van der Waals surface area contributed by atoms with Gasteiger partial charge in [0.1, 0.15) is 11.6 Å². The number of unbranched alkanes of at least 4 members (excludes halogenated alkanes) is 1. The Labute approximate surface area is 189 Å². The van der Waals surface area contributed by atoms with Crippen molar-refractivity contribution < 1.29 is 4.74 Å². The van der Waals surface area contributed by atoms with Crippen molar-refractivity contribution in [2.75, 3.05) is 6.61 Å². The summed E-state index contributed by atoms with van der Waals surface area (Å²) in [4.78, 5) is 4.94. The zero-order valence-electron chi connectivity index (χ0n) is 17.8. The monoisotopic (exact) mass is 430 g/mol. The highest BCUT2D eigenvalue weighted by Crippen LogP contribution is 2.25.